The quantitative estimate of drug-likeness (QED) is 0.0486. The monoisotopic (exact) mass is 1190 g/mol. The van der Waals surface area contributed by atoms with Gasteiger partial charge >= 0.3 is 0 Å². The Kier molecular flexibility index (Phi) is 18.9. The average Bonchev–Trinajstić information content (AvgIpc) is 1.15. The van der Waals surface area contributed by atoms with Crippen LogP contribution in [0.15, 0.2) is 200 Å². The van der Waals surface area contributed by atoms with Crippen LogP contribution >= 0.6 is 0 Å². The van der Waals surface area contributed by atoms with Gasteiger partial charge in [-0.05, 0) is 135 Å². The van der Waals surface area contributed by atoms with Gasteiger partial charge in [-0.2, -0.15) is 0 Å². The Balaban J connectivity index is 0.896. The molecule has 4 nitrogen and oxygen atoms in total. The van der Waals surface area contributed by atoms with Gasteiger partial charge in [0, 0.05) is 26.7 Å². The lowest BCUT2D eigenvalue weighted by Gasteiger charge is -2.38. The lowest BCUT2D eigenvalue weighted by Crippen LogP contribution is -2.35. The highest BCUT2D eigenvalue weighted by Gasteiger charge is 2.41. The van der Waals surface area contributed by atoms with E-state index in [0.29, 0.717) is 13.2 Å². The molecular formula is C85H105N2O2+. The number of aromatic nitrogens is 2. The van der Waals surface area contributed by atoms with Gasteiger partial charge in [0.15, 0.2) is 0 Å². The van der Waals surface area contributed by atoms with E-state index in [9.17, 15) is 0 Å². The van der Waals surface area contributed by atoms with Gasteiger partial charge in [-0.3, -0.25) is 0 Å². The van der Waals surface area contributed by atoms with Gasteiger partial charge in [0.1, 0.15) is 22.9 Å². The SMILES string of the molecule is Cc1c(C)[n+](CCCOc2ccc(C(c3ccc(C(C)(C)C)cc3)(c3ccc(C(C)(C)C)cc3)c3ccc(C(C)(C)C)cc3)cc2)cn1CCCOc1ccc(C(c2ccc(C(C)(C)C)cc2)(c2ccc(C(C)(C)C)cc2)c2ccc(C(C)(C)C)cc2)cc1. The molecule has 0 spiro atoms. The van der Waals surface area contributed by atoms with E-state index in [1.54, 1.807) is 0 Å². The van der Waals surface area contributed by atoms with E-state index in [4.69, 9.17) is 9.47 Å². The van der Waals surface area contributed by atoms with E-state index < -0.39 is 10.8 Å². The van der Waals surface area contributed by atoms with Gasteiger partial charge < -0.3 is 9.47 Å². The van der Waals surface area contributed by atoms with Crippen molar-refractivity contribution in [2.75, 3.05) is 13.2 Å². The zero-order valence-corrected chi connectivity index (χ0v) is 58.0. The molecule has 4 heteroatoms. The van der Waals surface area contributed by atoms with Crippen LogP contribution in [0, 0.1) is 13.8 Å². The minimum Gasteiger partial charge on any atom is -0.493 e. The smallest absolute Gasteiger partial charge is 0.244 e. The molecule has 1 heterocycles. The molecule has 0 saturated carbocycles. The molecule has 0 aliphatic heterocycles. The van der Waals surface area contributed by atoms with Crippen LogP contribution in [0.3, 0.4) is 0 Å². The maximum atomic E-state index is 6.57. The Morgan fingerprint density at radius 3 is 0.708 bits per heavy atom. The number of ether oxygens (including phenoxy) is 2. The first-order valence-electron chi connectivity index (χ1n) is 32.9. The highest BCUT2D eigenvalue weighted by Crippen LogP contribution is 2.49. The topological polar surface area (TPSA) is 27.3 Å². The molecule has 0 fully saturated rings. The lowest BCUT2D eigenvalue weighted by atomic mass is 9.64. The van der Waals surface area contributed by atoms with Crippen LogP contribution in [0.25, 0.3) is 0 Å². The maximum absolute atomic E-state index is 6.57. The Morgan fingerprint density at radius 1 is 0.281 bits per heavy atom. The summed E-state index contributed by atoms with van der Waals surface area (Å²) in [4.78, 5) is 0. The predicted molar refractivity (Wildman–Crippen MR) is 376 cm³/mol. The van der Waals surface area contributed by atoms with Crippen LogP contribution in [-0.2, 0) is 56.4 Å². The molecule has 0 unspecified atom stereocenters. The second-order valence-electron chi connectivity index (χ2n) is 31.6. The van der Waals surface area contributed by atoms with Gasteiger partial charge in [0.25, 0.3) is 0 Å². The molecule has 8 aromatic carbocycles. The second-order valence-corrected chi connectivity index (χ2v) is 31.6. The average molecular weight is 1190 g/mol. The zero-order valence-electron chi connectivity index (χ0n) is 58.0. The van der Waals surface area contributed by atoms with Crippen LogP contribution < -0.4 is 14.0 Å². The molecule has 0 amide bonds. The Hall–Kier alpha value is -7.43. The van der Waals surface area contributed by atoms with Crippen molar-refractivity contribution >= 4 is 0 Å². The fourth-order valence-corrected chi connectivity index (χ4v) is 13.0. The first-order chi connectivity index (χ1) is 41.7. The molecule has 0 N–H and O–H groups in total. The van der Waals surface area contributed by atoms with Crippen LogP contribution in [-0.4, -0.2) is 17.8 Å². The molecule has 9 rings (SSSR count). The van der Waals surface area contributed by atoms with Crippen molar-refractivity contribution in [1.82, 2.24) is 4.57 Å². The van der Waals surface area contributed by atoms with Gasteiger partial charge in [-0.15, -0.1) is 0 Å². The van der Waals surface area contributed by atoms with E-state index in [-0.39, 0.29) is 32.5 Å². The third-order valence-electron chi connectivity index (χ3n) is 19.0. The summed E-state index contributed by atoms with van der Waals surface area (Å²) in [6, 6.07) is 74.2. The molecular weight excluding hydrogens is 1080 g/mol. The fraction of sp³-hybridized carbons (Fsp3) is 0.400. The molecule has 9 aromatic rings. The summed E-state index contributed by atoms with van der Waals surface area (Å²) in [5, 5.41) is 0. The van der Waals surface area contributed by atoms with Crippen LogP contribution in [0.5, 0.6) is 11.5 Å². The normalized spacial score (nSPS) is 13.0. The van der Waals surface area contributed by atoms with Crippen LogP contribution in [0.2, 0.25) is 0 Å². The van der Waals surface area contributed by atoms with Crippen molar-refractivity contribution < 1.29 is 14.0 Å². The second kappa shape index (κ2) is 25.5. The number of imidazole rings is 1. The van der Waals surface area contributed by atoms with Gasteiger partial charge in [0.05, 0.1) is 37.1 Å². The zero-order chi connectivity index (χ0) is 64.5. The Bertz CT molecular complexity index is 3230. The molecule has 0 atom stereocenters. The van der Waals surface area contributed by atoms with Gasteiger partial charge in [-0.25, -0.2) is 9.13 Å². The number of rotatable bonds is 18. The number of hydrogen-bond donors (Lipinski definition) is 0. The molecule has 0 radical (unpaired) electrons. The molecule has 89 heavy (non-hydrogen) atoms. The Morgan fingerprint density at radius 2 is 0.483 bits per heavy atom. The number of aryl methyl sites for hydroxylation is 2. The number of hydrogen-bond acceptors (Lipinski definition) is 2. The third-order valence-corrected chi connectivity index (χ3v) is 19.0. The highest BCUT2D eigenvalue weighted by molar-refractivity contribution is 5.63. The summed E-state index contributed by atoms with van der Waals surface area (Å²) >= 11 is 0. The summed E-state index contributed by atoms with van der Waals surface area (Å²) in [6.45, 7) is 48.7. The number of benzene rings is 8. The van der Waals surface area contributed by atoms with E-state index >= 15 is 0 Å². The molecule has 1 aromatic heterocycles. The molecule has 466 valence electrons. The summed E-state index contributed by atoms with van der Waals surface area (Å²) in [6.07, 6.45) is 4.04. The van der Waals surface area contributed by atoms with Crippen molar-refractivity contribution in [3.8, 4) is 11.5 Å². The van der Waals surface area contributed by atoms with Gasteiger partial charge in [-0.1, -0.05) is 294 Å². The minimum absolute atomic E-state index is 0.0363. The predicted octanol–water partition coefficient (Wildman–Crippen LogP) is 20.9. The van der Waals surface area contributed by atoms with Crippen molar-refractivity contribution in [3.63, 3.8) is 0 Å². The first kappa shape index (κ1) is 66.0. The molecule has 0 aliphatic rings. The molecule has 0 bridgehead atoms. The minimum atomic E-state index is -0.576. The molecule has 0 saturated heterocycles. The van der Waals surface area contributed by atoms with E-state index in [0.717, 1.165) is 37.4 Å². The highest BCUT2D eigenvalue weighted by atomic mass is 16.5. The lowest BCUT2D eigenvalue weighted by molar-refractivity contribution is -0.702. The van der Waals surface area contributed by atoms with Crippen LogP contribution in [0.4, 0.5) is 0 Å². The van der Waals surface area contributed by atoms with Gasteiger partial charge in [0.2, 0.25) is 6.33 Å². The van der Waals surface area contributed by atoms with Crippen molar-refractivity contribution in [2.24, 2.45) is 0 Å². The molecule has 0 aliphatic carbocycles. The summed E-state index contributed by atoms with van der Waals surface area (Å²) in [5.74, 6) is 1.76. The number of nitrogens with zero attached hydrogens (tertiary/aromatic N) is 2. The standard InChI is InChI=1S/C85H105N2O2/c1-60-61(2)87(56-22-58-89-77-53-49-75(50-54-77)85(71-41-29-65(30-42-71)81(12,13)14,72-43-31-66(32-44-72)82(15,16)17)73-45-33-67(34-46-73)83(18,19)20)59-86(60)55-21-57-88-76-51-47-74(48-52-76)84(68-35-23-62(24-36-68)78(3,4)5,69-37-25-63(26-38-69)79(6,7)8)70-39-27-64(28-40-70)80(9,10)11/h23-54,59H,21-22,55-58H2,1-20H3/q+1. The first-order valence-corrected chi connectivity index (χ1v) is 32.9. The summed E-state index contributed by atoms with van der Waals surface area (Å²) in [5.41, 5.74) is 19.4. The van der Waals surface area contributed by atoms with E-state index in [1.165, 1.54) is 89.3 Å². The maximum Gasteiger partial charge on any atom is 0.244 e. The largest absolute Gasteiger partial charge is 0.493 e. The fourth-order valence-electron chi connectivity index (χ4n) is 13.0. The summed E-state index contributed by atoms with van der Waals surface area (Å²) < 4.78 is 17.9. The van der Waals surface area contributed by atoms with E-state index in [1.807, 2.05) is 0 Å². The Labute approximate surface area is 537 Å². The summed E-state index contributed by atoms with van der Waals surface area (Å²) in [7, 11) is 0. The third kappa shape index (κ3) is 14.3. The van der Waals surface area contributed by atoms with Crippen molar-refractivity contribution in [2.45, 2.75) is 208 Å². The van der Waals surface area contributed by atoms with Crippen molar-refractivity contribution in [3.05, 3.63) is 290 Å². The van der Waals surface area contributed by atoms with Crippen molar-refractivity contribution in [1.29, 1.82) is 0 Å². The van der Waals surface area contributed by atoms with E-state index in [2.05, 4.69) is 348 Å². The van der Waals surface area contributed by atoms with Crippen LogP contribution in [0.1, 0.15) is 227 Å².